The number of methoxy groups -OCH3 is 1. The minimum atomic E-state index is -0.847. The van der Waals surface area contributed by atoms with E-state index in [9.17, 15) is 9.18 Å². The second-order valence-electron chi connectivity index (χ2n) is 3.00. The van der Waals surface area contributed by atoms with E-state index in [1.165, 1.54) is 25.3 Å². The first-order valence-corrected chi connectivity index (χ1v) is 4.15. The van der Waals surface area contributed by atoms with Crippen molar-refractivity contribution in [1.82, 2.24) is 0 Å². The van der Waals surface area contributed by atoms with Crippen molar-refractivity contribution in [3.05, 3.63) is 35.1 Å². The predicted octanol–water partition coefficient (Wildman–Crippen LogP) is 1.73. The quantitative estimate of drug-likeness (QED) is 0.792. The Bertz CT molecular complexity index is 357. The largest absolute Gasteiger partial charge is 0.468 e. The van der Waals surface area contributed by atoms with Crippen LogP contribution in [0.5, 0.6) is 0 Å². The van der Waals surface area contributed by atoms with Crippen LogP contribution in [0.4, 0.5) is 4.39 Å². The fourth-order valence-electron chi connectivity index (χ4n) is 1.24. The first-order valence-electron chi connectivity index (χ1n) is 4.15. The molecule has 2 N–H and O–H groups in total. The van der Waals surface area contributed by atoms with Gasteiger partial charge in [-0.25, -0.2) is 4.39 Å². The summed E-state index contributed by atoms with van der Waals surface area (Å²) in [7, 11) is 1.26. The van der Waals surface area contributed by atoms with E-state index >= 15 is 0 Å². The molecule has 1 aromatic carbocycles. The molecule has 1 atom stereocenters. The lowest BCUT2D eigenvalue weighted by atomic mass is 10.0. The Labute approximate surface area is 93.8 Å². The summed E-state index contributed by atoms with van der Waals surface area (Å²) in [4.78, 5) is 11.1. The molecule has 1 rings (SSSR count). The van der Waals surface area contributed by atoms with E-state index in [0.717, 1.165) is 0 Å². The summed E-state index contributed by atoms with van der Waals surface area (Å²) < 4.78 is 17.2. The minimum absolute atomic E-state index is 0. The smallest absolute Gasteiger partial charge is 0.327 e. The van der Waals surface area contributed by atoms with E-state index < -0.39 is 12.0 Å². The lowest BCUT2D eigenvalue weighted by molar-refractivity contribution is -0.142. The van der Waals surface area contributed by atoms with Crippen LogP contribution in [0, 0.1) is 12.7 Å². The molecular formula is C10H13ClFNO2. The van der Waals surface area contributed by atoms with Gasteiger partial charge >= 0.3 is 5.97 Å². The van der Waals surface area contributed by atoms with Gasteiger partial charge in [0.2, 0.25) is 0 Å². The van der Waals surface area contributed by atoms with Crippen molar-refractivity contribution >= 4 is 18.4 Å². The van der Waals surface area contributed by atoms with Crippen LogP contribution < -0.4 is 5.73 Å². The van der Waals surface area contributed by atoms with Crippen LogP contribution in [0.15, 0.2) is 18.2 Å². The average Bonchev–Trinajstić information content (AvgIpc) is 2.15. The molecule has 0 spiro atoms. The van der Waals surface area contributed by atoms with Gasteiger partial charge in [-0.2, -0.15) is 0 Å². The van der Waals surface area contributed by atoms with Crippen molar-refractivity contribution < 1.29 is 13.9 Å². The van der Waals surface area contributed by atoms with Crippen LogP contribution in [0.1, 0.15) is 17.2 Å². The predicted molar refractivity (Wildman–Crippen MR) is 57.3 cm³/mol. The summed E-state index contributed by atoms with van der Waals surface area (Å²) in [5.41, 5.74) is 6.83. The normalized spacial score (nSPS) is 11.5. The molecule has 0 aliphatic rings. The standard InChI is InChI=1S/C10H12FNO2.ClH/c1-6-5-7(11)3-4-8(6)9(12)10(13)14-2;/h3-5,9H,12H2,1-2H3;1H/t9-;/m0./s1. The summed E-state index contributed by atoms with van der Waals surface area (Å²) >= 11 is 0. The van der Waals surface area contributed by atoms with Crippen LogP contribution in [0.25, 0.3) is 0 Å². The Kier molecular flexibility index (Phi) is 5.25. The van der Waals surface area contributed by atoms with Crippen LogP contribution in [-0.2, 0) is 9.53 Å². The van der Waals surface area contributed by atoms with Gasteiger partial charge in [0, 0.05) is 0 Å². The summed E-state index contributed by atoms with van der Waals surface area (Å²) in [6.07, 6.45) is 0. The molecule has 0 heterocycles. The highest BCUT2D eigenvalue weighted by Gasteiger charge is 2.17. The van der Waals surface area contributed by atoms with Gasteiger partial charge in [-0.3, -0.25) is 4.79 Å². The van der Waals surface area contributed by atoms with Crippen LogP contribution in [0.3, 0.4) is 0 Å². The maximum absolute atomic E-state index is 12.7. The first-order chi connectivity index (χ1) is 6.56. The van der Waals surface area contributed by atoms with Crippen molar-refractivity contribution in [2.24, 2.45) is 5.73 Å². The molecule has 1 aromatic rings. The Morgan fingerprint density at radius 3 is 2.60 bits per heavy atom. The Balaban J connectivity index is 0.00000196. The average molecular weight is 234 g/mol. The van der Waals surface area contributed by atoms with Gasteiger partial charge in [-0.15, -0.1) is 12.4 Å². The van der Waals surface area contributed by atoms with Gasteiger partial charge in [-0.05, 0) is 30.2 Å². The second-order valence-corrected chi connectivity index (χ2v) is 3.00. The number of nitrogens with two attached hydrogens (primary N) is 1. The molecule has 0 radical (unpaired) electrons. The number of esters is 1. The molecule has 5 heteroatoms. The Morgan fingerprint density at radius 2 is 2.13 bits per heavy atom. The molecule has 0 aliphatic heterocycles. The number of benzene rings is 1. The van der Waals surface area contributed by atoms with E-state index in [-0.39, 0.29) is 18.2 Å². The molecule has 3 nitrogen and oxygen atoms in total. The van der Waals surface area contributed by atoms with Crippen LogP contribution >= 0.6 is 12.4 Å². The zero-order chi connectivity index (χ0) is 10.7. The maximum Gasteiger partial charge on any atom is 0.327 e. The molecule has 15 heavy (non-hydrogen) atoms. The molecule has 0 fully saturated rings. The zero-order valence-electron chi connectivity index (χ0n) is 8.49. The summed E-state index contributed by atoms with van der Waals surface area (Å²) in [6, 6.07) is 3.25. The molecule has 0 aromatic heterocycles. The van der Waals surface area contributed by atoms with Crippen LogP contribution in [-0.4, -0.2) is 13.1 Å². The fourth-order valence-corrected chi connectivity index (χ4v) is 1.24. The number of halogens is 2. The molecule has 0 amide bonds. The number of ether oxygens (including phenoxy) is 1. The third-order valence-corrected chi connectivity index (χ3v) is 2.02. The molecular weight excluding hydrogens is 221 g/mol. The van der Waals surface area contributed by atoms with Crippen molar-refractivity contribution in [3.63, 3.8) is 0 Å². The van der Waals surface area contributed by atoms with E-state index in [4.69, 9.17) is 5.73 Å². The Hall–Kier alpha value is -1.13. The van der Waals surface area contributed by atoms with E-state index in [1.54, 1.807) is 6.92 Å². The highest BCUT2D eigenvalue weighted by Crippen LogP contribution is 2.17. The summed E-state index contributed by atoms with van der Waals surface area (Å²) in [5.74, 6) is -0.872. The molecule has 84 valence electrons. The van der Waals surface area contributed by atoms with Gasteiger partial charge in [0.05, 0.1) is 7.11 Å². The number of hydrogen-bond acceptors (Lipinski definition) is 3. The van der Waals surface area contributed by atoms with E-state index in [1.807, 2.05) is 0 Å². The fraction of sp³-hybridized carbons (Fsp3) is 0.300. The van der Waals surface area contributed by atoms with Gasteiger partial charge < -0.3 is 10.5 Å². The molecule has 0 saturated carbocycles. The Morgan fingerprint density at radius 1 is 1.53 bits per heavy atom. The van der Waals surface area contributed by atoms with Crippen molar-refractivity contribution in [3.8, 4) is 0 Å². The van der Waals surface area contributed by atoms with Crippen molar-refractivity contribution in [2.45, 2.75) is 13.0 Å². The first kappa shape index (κ1) is 13.9. The summed E-state index contributed by atoms with van der Waals surface area (Å²) in [5, 5.41) is 0. The molecule has 0 unspecified atom stereocenters. The van der Waals surface area contributed by atoms with Gasteiger partial charge in [-0.1, -0.05) is 6.07 Å². The second kappa shape index (κ2) is 5.68. The third kappa shape index (κ3) is 3.18. The minimum Gasteiger partial charge on any atom is -0.468 e. The molecule has 0 saturated heterocycles. The zero-order valence-corrected chi connectivity index (χ0v) is 9.31. The lowest BCUT2D eigenvalue weighted by Gasteiger charge is -2.12. The number of rotatable bonds is 2. The van der Waals surface area contributed by atoms with Gasteiger partial charge in [0.1, 0.15) is 11.9 Å². The lowest BCUT2D eigenvalue weighted by Crippen LogP contribution is -2.23. The molecule has 0 bridgehead atoms. The highest BCUT2D eigenvalue weighted by molar-refractivity contribution is 5.85. The maximum atomic E-state index is 12.7. The van der Waals surface area contributed by atoms with Crippen LogP contribution in [0.2, 0.25) is 0 Å². The number of aryl methyl sites for hydroxylation is 1. The SMILES string of the molecule is COC(=O)[C@@H](N)c1ccc(F)cc1C.Cl. The number of carbonyl (C=O) groups is 1. The topological polar surface area (TPSA) is 52.3 Å². The van der Waals surface area contributed by atoms with Crippen molar-refractivity contribution in [2.75, 3.05) is 7.11 Å². The number of carbonyl (C=O) groups excluding carboxylic acids is 1. The number of hydrogen-bond donors (Lipinski definition) is 1. The summed E-state index contributed by atoms with van der Waals surface area (Å²) in [6.45, 7) is 1.70. The molecule has 0 aliphatic carbocycles. The van der Waals surface area contributed by atoms with Gasteiger partial charge in [0.15, 0.2) is 0 Å². The monoisotopic (exact) mass is 233 g/mol. The highest BCUT2D eigenvalue weighted by atomic mass is 35.5. The van der Waals surface area contributed by atoms with E-state index in [2.05, 4.69) is 4.74 Å². The van der Waals surface area contributed by atoms with Gasteiger partial charge in [0.25, 0.3) is 0 Å². The van der Waals surface area contributed by atoms with Crippen molar-refractivity contribution in [1.29, 1.82) is 0 Å². The van der Waals surface area contributed by atoms with E-state index in [0.29, 0.717) is 11.1 Å². The third-order valence-electron chi connectivity index (χ3n) is 2.02.